The standard InChI is InChI=1S/C26H32N4O4S/c1-17-10-12-21(32-2)20(14-17)27-24(31)16-35-26-29-28-25(30(26)19-8-6-5-7-9-19)18-11-13-22(33-3)23(15-18)34-4/h10-15,19H,5-9,16H2,1-4H3,(H,27,31). The maximum Gasteiger partial charge on any atom is 0.234 e. The van der Waals surface area contributed by atoms with Crippen molar-refractivity contribution in [1.29, 1.82) is 0 Å². The van der Waals surface area contributed by atoms with Gasteiger partial charge < -0.3 is 19.5 Å². The van der Waals surface area contributed by atoms with E-state index in [4.69, 9.17) is 14.2 Å². The molecule has 1 saturated carbocycles. The summed E-state index contributed by atoms with van der Waals surface area (Å²) in [4.78, 5) is 12.8. The van der Waals surface area contributed by atoms with Gasteiger partial charge in [0.25, 0.3) is 0 Å². The first-order valence-corrected chi connectivity index (χ1v) is 12.8. The van der Waals surface area contributed by atoms with E-state index in [2.05, 4.69) is 20.1 Å². The van der Waals surface area contributed by atoms with E-state index in [0.717, 1.165) is 34.9 Å². The minimum absolute atomic E-state index is 0.121. The molecule has 186 valence electrons. The Bertz CT molecular complexity index is 1170. The van der Waals surface area contributed by atoms with Gasteiger partial charge in [0.1, 0.15) is 5.75 Å². The molecule has 0 spiro atoms. The molecule has 3 aromatic rings. The molecule has 4 rings (SSSR count). The van der Waals surface area contributed by atoms with Crippen molar-refractivity contribution in [3.63, 3.8) is 0 Å². The summed E-state index contributed by atoms with van der Waals surface area (Å²) < 4.78 is 18.5. The molecular formula is C26H32N4O4S. The molecule has 1 heterocycles. The fourth-order valence-corrected chi connectivity index (χ4v) is 5.26. The number of aromatic nitrogens is 3. The van der Waals surface area contributed by atoms with Crippen LogP contribution in [0.2, 0.25) is 0 Å². The lowest BCUT2D eigenvalue weighted by Crippen LogP contribution is -2.17. The van der Waals surface area contributed by atoms with Crippen molar-refractivity contribution in [3.8, 4) is 28.6 Å². The van der Waals surface area contributed by atoms with Crippen LogP contribution in [0.4, 0.5) is 5.69 Å². The van der Waals surface area contributed by atoms with Gasteiger partial charge in [0, 0.05) is 11.6 Å². The SMILES string of the molecule is COc1ccc(C)cc1NC(=O)CSc1nnc(-c2ccc(OC)c(OC)c2)n1C1CCCCC1. The molecule has 2 aromatic carbocycles. The number of anilines is 1. The molecule has 0 atom stereocenters. The predicted octanol–water partition coefficient (Wildman–Crippen LogP) is 5.52. The third-order valence-corrected chi connectivity index (χ3v) is 7.15. The van der Waals surface area contributed by atoms with Crippen LogP contribution < -0.4 is 19.5 Å². The number of thioether (sulfide) groups is 1. The Morgan fingerprint density at radius 3 is 2.40 bits per heavy atom. The fourth-order valence-electron chi connectivity index (χ4n) is 4.45. The number of nitrogens with zero attached hydrogens (tertiary/aromatic N) is 3. The zero-order valence-corrected chi connectivity index (χ0v) is 21.5. The average Bonchev–Trinajstić information content (AvgIpc) is 3.31. The molecule has 0 radical (unpaired) electrons. The van der Waals surface area contributed by atoms with Crippen LogP contribution in [-0.4, -0.2) is 47.8 Å². The fraction of sp³-hybridized carbons (Fsp3) is 0.423. The van der Waals surface area contributed by atoms with Gasteiger partial charge in [-0.25, -0.2) is 0 Å². The number of hydrogen-bond acceptors (Lipinski definition) is 7. The Morgan fingerprint density at radius 1 is 0.971 bits per heavy atom. The highest BCUT2D eigenvalue weighted by atomic mass is 32.2. The maximum atomic E-state index is 12.8. The number of carbonyl (C=O) groups is 1. The Kier molecular flexibility index (Phi) is 8.17. The molecule has 1 amide bonds. The second-order valence-corrected chi connectivity index (χ2v) is 9.52. The van der Waals surface area contributed by atoms with E-state index in [9.17, 15) is 4.79 Å². The number of nitrogens with one attached hydrogen (secondary N) is 1. The van der Waals surface area contributed by atoms with Crippen LogP contribution in [0.3, 0.4) is 0 Å². The van der Waals surface area contributed by atoms with Crippen molar-refractivity contribution in [2.45, 2.75) is 50.2 Å². The second kappa shape index (κ2) is 11.5. The highest BCUT2D eigenvalue weighted by molar-refractivity contribution is 7.99. The molecule has 1 fully saturated rings. The molecule has 0 unspecified atom stereocenters. The minimum Gasteiger partial charge on any atom is -0.495 e. The van der Waals surface area contributed by atoms with E-state index in [1.165, 1.54) is 31.0 Å². The van der Waals surface area contributed by atoms with Gasteiger partial charge in [0.15, 0.2) is 22.5 Å². The van der Waals surface area contributed by atoms with Gasteiger partial charge in [0.05, 0.1) is 32.8 Å². The van der Waals surface area contributed by atoms with Gasteiger partial charge >= 0.3 is 0 Å². The van der Waals surface area contributed by atoms with E-state index in [-0.39, 0.29) is 11.7 Å². The van der Waals surface area contributed by atoms with Crippen LogP contribution in [0.1, 0.15) is 43.7 Å². The lowest BCUT2D eigenvalue weighted by Gasteiger charge is -2.25. The molecule has 0 saturated heterocycles. The molecule has 1 N–H and O–H groups in total. The van der Waals surface area contributed by atoms with Crippen LogP contribution in [-0.2, 0) is 4.79 Å². The van der Waals surface area contributed by atoms with Gasteiger partial charge in [0.2, 0.25) is 5.91 Å². The van der Waals surface area contributed by atoms with Crippen LogP contribution in [0.25, 0.3) is 11.4 Å². The molecule has 8 nitrogen and oxygen atoms in total. The summed E-state index contributed by atoms with van der Waals surface area (Å²) in [5.74, 6) is 2.82. The molecule has 35 heavy (non-hydrogen) atoms. The van der Waals surface area contributed by atoms with E-state index < -0.39 is 0 Å². The number of ether oxygens (including phenoxy) is 3. The third-order valence-electron chi connectivity index (χ3n) is 6.21. The number of carbonyl (C=O) groups excluding carboxylic acids is 1. The lowest BCUT2D eigenvalue weighted by atomic mass is 9.95. The molecule has 1 aromatic heterocycles. The quantitative estimate of drug-likeness (QED) is 0.391. The van der Waals surface area contributed by atoms with Gasteiger partial charge in [-0.1, -0.05) is 37.1 Å². The van der Waals surface area contributed by atoms with Crippen LogP contribution in [0.5, 0.6) is 17.2 Å². The van der Waals surface area contributed by atoms with Gasteiger partial charge in [-0.05, 0) is 55.7 Å². The molecule has 1 aliphatic rings. The average molecular weight is 497 g/mol. The number of aryl methyl sites for hydroxylation is 1. The first kappa shape index (κ1) is 24.9. The molecule has 0 aliphatic heterocycles. The number of amides is 1. The zero-order valence-electron chi connectivity index (χ0n) is 20.7. The van der Waals surface area contributed by atoms with Crippen LogP contribution in [0.15, 0.2) is 41.6 Å². The first-order valence-electron chi connectivity index (χ1n) is 11.8. The largest absolute Gasteiger partial charge is 0.495 e. The van der Waals surface area contributed by atoms with Crippen molar-refractivity contribution in [1.82, 2.24) is 14.8 Å². The summed E-state index contributed by atoms with van der Waals surface area (Å²) in [5, 5.41) is 12.7. The lowest BCUT2D eigenvalue weighted by molar-refractivity contribution is -0.113. The van der Waals surface area contributed by atoms with E-state index in [1.807, 2.05) is 43.3 Å². The summed E-state index contributed by atoms with van der Waals surface area (Å²) in [6.45, 7) is 1.98. The molecule has 1 aliphatic carbocycles. The van der Waals surface area contributed by atoms with E-state index in [0.29, 0.717) is 29.0 Å². The Hall–Kier alpha value is -3.20. The van der Waals surface area contributed by atoms with Gasteiger partial charge in [-0.15, -0.1) is 10.2 Å². The Morgan fingerprint density at radius 2 is 1.69 bits per heavy atom. The van der Waals surface area contributed by atoms with E-state index in [1.54, 1.807) is 21.3 Å². The highest BCUT2D eigenvalue weighted by Gasteiger charge is 2.25. The molecule has 0 bridgehead atoms. The summed E-state index contributed by atoms with van der Waals surface area (Å²) in [5.41, 5.74) is 2.62. The Balaban J connectivity index is 1.58. The third kappa shape index (κ3) is 5.73. The normalized spacial score (nSPS) is 13.9. The van der Waals surface area contributed by atoms with Crippen molar-refractivity contribution < 1.29 is 19.0 Å². The van der Waals surface area contributed by atoms with Crippen LogP contribution in [0, 0.1) is 6.92 Å². The number of rotatable bonds is 9. The number of methoxy groups -OCH3 is 3. The smallest absolute Gasteiger partial charge is 0.234 e. The van der Waals surface area contributed by atoms with Crippen molar-refractivity contribution in [3.05, 3.63) is 42.0 Å². The van der Waals surface area contributed by atoms with Crippen molar-refractivity contribution >= 4 is 23.4 Å². The predicted molar refractivity (Wildman–Crippen MR) is 138 cm³/mol. The zero-order chi connectivity index (χ0) is 24.8. The van der Waals surface area contributed by atoms with Crippen molar-refractivity contribution in [2.24, 2.45) is 0 Å². The summed E-state index contributed by atoms with van der Waals surface area (Å²) in [7, 11) is 4.84. The van der Waals surface area contributed by atoms with Gasteiger partial charge in [-0.3, -0.25) is 9.36 Å². The maximum absolute atomic E-state index is 12.8. The molecular weight excluding hydrogens is 464 g/mol. The second-order valence-electron chi connectivity index (χ2n) is 8.58. The summed E-state index contributed by atoms with van der Waals surface area (Å²) in [6, 6.07) is 11.8. The van der Waals surface area contributed by atoms with Crippen molar-refractivity contribution in [2.75, 3.05) is 32.4 Å². The Labute approximate surface area is 210 Å². The molecule has 9 heteroatoms. The summed E-state index contributed by atoms with van der Waals surface area (Å²) in [6.07, 6.45) is 5.72. The topological polar surface area (TPSA) is 87.5 Å². The number of hydrogen-bond donors (Lipinski definition) is 1. The monoisotopic (exact) mass is 496 g/mol. The van der Waals surface area contributed by atoms with Crippen LogP contribution >= 0.6 is 11.8 Å². The van der Waals surface area contributed by atoms with E-state index >= 15 is 0 Å². The summed E-state index contributed by atoms with van der Waals surface area (Å²) >= 11 is 1.40. The number of benzene rings is 2. The first-order chi connectivity index (χ1) is 17.0. The minimum atomic E-state index is -0.121. The highest BCUT2D eigenvalue weighted by Crippen LogP contribution is 2.38. The van der Waals surface area contributed by atoms with Gasteiger partial charge in [-0.2, -0.15) is 0 Å².